The molecule has 0 aliphatic carbocycles. The van der Waals surface area contributed by atoms with Gasteiger partial charge in [0, 0.05) is 7.05 Å². The van der Waals surface area contributed by atoms with Crippen molar-refractivity contribution in [2.75, 3.05) is 0 Å². The SMILES string of the molecule is Cc1ccc(C(N)c2cncn2C)cc1. The van der Waals surface area contributed by atoms with Crippen LogP contribution in [0.25, 0.3) is 0 Å². The van der Waals surface area contributed by atoms with Crippen molar-refractivity contribution in [3.63, 3.8) is 0 Å². The van der Waals surface area contributed by atoms with Gasteiger partial charge in [-0.1, -0.05) is 29.8 Å². The lowest BCUT2D eigenvalue weighted by Crippen LogP contribution is -2.15. The molecular weight excluding hydrogens is 186 g/mol. The minimum absolute atomic E-state index is 0.0990. The first-order valence-corrected chi connectivity index (χ1v) is 4.97. The lowest BCUT2D eigenvalue weighted by atomic mass is 10.0. The van der Waals surface area contributed by atoms with Gasteiger partial charge in [0.2, 0.25) is 0 Å². The predicted octanol–water partition coefficient (Wildman–Crippen LogP) is 1.78. The van der Waals surface area contributed by atoms with Crippen molar-refractivity contribution in [1.29, 1.82) is 0 Å². The molecule has 0 fully saturated rings. The van der Waals surface area contributed by atoms with E-state index in [9.17, 15) is 0 Å². The fraction of sp³-hybridized carbons (Fsp3) is 0.250. The Morgan fingerprint density at radius 3 is 2.47 bits per heavy atom. The summed E-state index contributed by atoms with van der Waals surface area (Å²) < 4.78 is 1.95. The van der Waals surface area contributed by atoms with Crippen molar-refractivity contribution in [3.8, 4) is 0 Å². The Bertz CT molecular complexity index is 442. The standard InChI is InChI=1S/C12H15N3/c1-9-3-5-10(6-4-9)12(13)11-7-14-8-15(11)2/h3-8,12H,13H2,1-2H3. The zero-order valence-electron chi connectivity index (χ0n) is 9.01. The molecule has 78 valence electrons. The quantitative estimate of drug-likeness (QED) is 0.804. The Hall–Kier alpha value is -1.61. The smallest absolute Gasteiger partial charge is 0.0946 e. The third-order valence-corrected chi connectivity index (χ3v) is 2.61. The van der Waals surface area contributed by atoms with Crippen LogP contribution in [0.1, 0.15) is 22.9 Å². The second-order valence-corrected chi connectivity index (χ2v) is 3.82. The summed E-state index contributed by atoms with van der Waals surface area (Å²) in [5.74, 6) is 0. The van der Waals surface area contributed by atoms with Gasteiger partial charge in [-0.3, -0.25) is 0 Å². The predicted molar refractivity (Wildman–Crippen MR) is 60.4 cm³/mol. The summed E-state index contributed by atoms with van der Waals surface area (Å²) in [5, 5.41) is 0. The minimum atomic E-state index is -0.0990. The number of aromatic nitrogens is 2. The molecule has 1 aromatic heterocycles. The number of aryl methyl sites for hydroxylation is 2. The Labute approximate surface area is 89.6 Å². The first-order chi connectivity index (χ1) is 7.18. The molecule has 1 atom stereocenters. The molecule has 1 aromatic carbocycles. The summed E-state index contributed by atoms with van der Waals surface area (Å²) >= 11 is 0. The fourth-order valence-corrected chi connectivity index (χ4v) is 1.61. The molecule has 0 aliphatic rings. The highest BCUT2D eigenvalue weighted by atomic mass is 15.0. The number of rotatable bonds is 2. The van der Waals surface area contributed by atoms with Crippen LogP contribution in [0.2, 0.25) is 0 Å². The fourth-order valence-electron chi connectivity index (χ4n) is 1.61. The molecule has 0 saturated heterocycles. The average Bonchev–Trinajstić information content (AvgIpc) is 2.65. The van der Waals surface area contributed by atoms with E-state index in [-0.39, 0.29) is 6.04 Å². The van der Waals surface area contributed by atoms with Gasteiger partial charge in [-0.25, -0.2) is 4.98 Å². The van der Waals surface area contributed by atoms with Crippen molar-refractivity contribution in [3.05, 3.63) is 53.6 Å². The lowest BCUT2D eigenvalue weighted by Gasteiger charge is -2.12. The first kappa shape index (κ1) is 9.93. The molecule has 2 rings (SSSR count). The zero-order valence-corrected chi connectivity index (χ0v) is 9.01. The summed E-state index contributed by atoms with van der Waals surface area (Å²) in [6.45, 7) is 2.07. The molecule has 0 amide bonds. The Balaban J connectivity index is 2.32. The topological polar surface area (TPSA) is 43.8 Å². The summed E-state index contributed by atoms with van der Waals surface area (Å²) in [4.78, 5) is 4.07. The molecule has 1 unspecified atom stereocenters. The Morgan fingerprint density at radius 2 is 1.93 bits per heavy atom. The molecule has 0 aliphatic heterocycles. The van der Waals surface area contributed by atoms with Crippen LogP contribution in [0.15, 0.2) is 36.8 Å². The van der Waals surface area contributed by atoms with Crippen LogP contribution in [0.4, 0.5) is 0 Å². The van der Waals surface area contributed by atoms with Gasteiger partial charge in [-0.15, -0.1) is 0 Å². The molecular formula is C12H15N3. The molecule has 0 saturated carbocycles. The van der Waals surface area contributed by atoms with Gasteiger partial charge in [-0.2, -0.15) is 0 Å². The first-order valence-electron chi connectivity index (χ1n) is 4.97. The molecule has 3 heteroatoms. The van der Waals surface area contributed by atoms with E-state index in [0.717, 1.165) is 11.3 Å². The van der Waals surface area contributed by atoms with Crippen LogP contribution in [0.5, 0.6) is 0 Å². The summed E-state index contributed by atoms with van der Waals surface area (Å²) in [5.41, 5.74) is 9.54. The maximum absolute atomic E-state index is 6.15. The number of hydrogen-bond donors (Lipinski definition) is 1. The largest absolute Gasteiger partial charge is 0.336 e. The van der Waals surface area contributed by atoms with E-state index in [1.54, 1.807) is 6.33 Å². The van der Waals surface area contributed by atoms with Crippen LogP contribution in [-0.2, 0) is 7.05 Å². The van der Waals surface area contributed by atoms with Crippen LogP contribution >= 0.6 is 0 Å². The van der Waals surface area contributed by atoms with Crippen LogP contribution in [0, 0.1) is 6.92 Å². The van der Waals surface area contributed by atoms with Crippen molar-refractivity contribution in [2.45, 2.75) is 13.0 Å². The number of imidazole rings is 1. The highest BCUT2D eigenvalue weighted by Crippen LogP contribution is 2.18. The van der Waals surface area contributed by atoms with E-state index in [2.05, 4.69) is 36.2 Å². The summed E-state index contributed by atoms with van der Waals surface area (Å²) in [6.07, 6.45) is 3.58. The maximum atomic E-state index is 6.15. The van der Waals surface area contributed by atoms with Gasteiger partial charge in [0.05, 0.1) is 24.3 Å². The van der Waals surface area contributed by atoms with E-state index < -0.39 is 0 Å². The molecule has 0 spiro atoms. The van der Waals surface area contributed by atoms with Gasteiger partial charge in [0.25, 0.3) is 0 Å². The van der Waals surface area contributed by atoms with Crippen molar-refractivity contribution in [2.24, 2.45) is 12.8 Å². The third kappa shape index (κ3) is 1.92. The molecule has 3 nitrogen and oxygen atoms in total. The van der Waals surface area contributed by atoms with Crippen molar-refractivity contribution in [1.82, 2.24) is 9.55 Å². The maximum Gasteiger partial charge on any atom is 0.0946 e. The second-order valence-electron chi connectivity index (χ2n) is 3.82. The third-order valence-electron chi connectivity index (χ3n) is 2.61. The van der Waals surface area contributed by atoms with Crippen LogP contribution < -0.4 is 5.73 Å². The van der Waals surface area contributed by atoms with Crippen LogP contribution in [-0.4, -0.2) is 9.55 Å². The molecule has 0 radical (unpaired) electrons. The molecule has 15 heavy (non-hydrogen) atoms. The summed E-state index contributed by atoms with van der Waals surface area (Å²) in [7, 11) is 1.95. The van der Waals surface area contributed by atoms with E-state index in [1.807, 2.05) is 17.8 Å². The van der Waals surface area contributed by atoms with Crippen molar-refractivity contribution < 1.29 is 0 Å². The van der Waals surface area contributed by atoms with E-state index >= 15 is 0 Å². The molecule has 2 aromatic rings. The number of nitrogens with zero attached hydrogens (tertiary/aromatic N) is 2. The monoisotopic (exact) mass is 201 g/mol. The van der Waals surface area contributed by atoms with Gasteiger partial charge in [-0.05, 0) is 12.5 Å². The molecule has 2 N–H and O–H groups in total. The number of hydrogen-bond acceptors (Lipinski definition) is 2. The van der Waals surface area contributed by atoms with E-state index in [1.165, 1.54) is 5.56 Å². The van der Waals surface area contributed by atoms with Gasteiger partial charge < -0.3 is 10.3 Å². The number of benzene rings is 1. The van der Waals surface area contributed by atoms with E-state index in [4.69, 9.17) is 5.73 Å². The Morgan fingerprint density at radius 1 is 1.27 bits per heavy atom. The van der Waals surface area contributed by atoms with Gasteiger partial charge in [0.15, 0.2) is 0 Å². The highest BCUT2D eigenvalue weighted by Gasteiger charge is 2.11. The second kappa shape index (κ2) is 3.87. The number of nitrogens with two attached hydrogens (primary N) is 1. The Kier molecular flexibility index (Phi) is 2.56. The highest BCUT2D eigenvalue weighted by molar-refractivity contribution is 5.29. The lowest BCUT2D eigenvalue weighted by molar-refractivity contribution is 0.746. The summed E-state index contributed by atoms with van der Waals surface area (Å²) in [6, 6.07) is 8.18. The zero-order chi connectivity index (χ0) is 10.8. The average molecular weight is 201 g/mol. The van der Waals surface area contributed by atoms with Crippen LogP contribution in [0.3, 0.4) is 0 Å². The van der Waals surface area contributed by atoms with E-state index in [0.29, 0.717) is 0 Å². The normalized spacial score (nSPS) is 12.7. The van der Waals surface area contributed by atoms with Crippen molar-refractivity contribution >= 4 is 0 Å². The minimum Gasteiger partial charge on any atom is -0.336 e. The molecule has 1 heterocycles. The van der Waals surface area contributed by atoms with Gasteiger partial charge >= 0.3 is 0 Å². The molecule has 0 bridgehead atoms. The van der Waals surface area contributed by atoms with Gasteiger partial charge in [0.1, 0.15) is 0 Å².